The van der Waals surface area contributed by atoms with Gasteiger partial charge in [0, 0.05) is 33.4 Å². The minimum absolute atomic E-state index is 0.0171. The third kappa shape index (κ3) is 5.48. The first-order valence-electron chi connectivity index (χ1n) is 5.29. The summed E-state index contributed by atoms with van der Waals surface area (Å²) in [7, 11) is 3.46. The third-order valence-electron chi connectivity index (χ3n) is 2.22. The van der Waals surface area contributed by atoms with Crippen LogP contribution in [0.25, 0.3) is 6.08 Å². The molecular formula is C12H16BrNO2S. The van der Waals surface area contributed by atoms with E-state index in [0.29, 0.717) is 13.2 Å². The minimum Gasteiger partial charge on any atom is -0.385 e. The molecule has 0 aromatic carbocycles. The average molecular weight is 318 g/mol. The summed E-state index contributed by atoms with van der Waals surface area (Å²) in [5, 5.41) is 2.00. The number of rotatable bonds is 6. The Balaban J connectivity index is 2.40. The molecule has 0 spiro atoms. The number of likely N-dealkylation sites (N-methyl/N-ethyl adjacent to an activating group) is 1. The zero-order valence-electron chi connectivity index (χ0n) is 9.98. The van der Waals surface area contributed by atoms with Gasteiger partial charge in [-0.25, -0.2) is 0 Å². The molecule has 1 aromatic heterocycles. The summed E-state index contributed by atoms with van der Waals surface area (Å²) in [6.45, 7) is 1.39. The number of halogens is 1. The Bertz CT molecular complexity index is 390. The highest BCUT2D eigenvalue weighted by Gasteiger charge is 2.03. The molecule has 0 saturated heterocycles. The van der Waals surface area contributed by atoms with E-state index in [9.17, 15) is 4.79 Å². The molecule has 0 N–H and O–H groups in total. The second-order valence-corrected chi connectivity index (χ2v) is 5.91. The fraction of sp³-hybridized carbons (Fsp3) is 0.417. The topological polar surface area (TPSA) is 29.5 Å². The summed E-state index contributed by atoms with van der Waals surface area (Å²) >= 11 is 4.99. The number of carbonyl (C=O) groups excluding carboxylic acids is 1. The lowest BCUT2D eigenvalue weighted by molar-refractivity contribution is -0.124. The number of ether oxygens (including phenoxy) is 1. The molecule has 0 aliphatic heterocycles. The SMILES string of the molecule is COCCCN(C)C(=O)/C=C/c1csc(Br)c1. The van der Waals surface area contributed by atoms with Crippen molar-refractivity contribution in [3.05, 3.63) is 26.9 Å². The molecule has 0 unspecified atom stereocenters. The Morgan fingerprint density at radius 3 is 3.00 bits per heavy atom. The molecule has 3 nitrogen and oxygen atoms in total. The molecule has 5 heteroatoms. The minimum atomic E-state index is 0.0171. The summed E-state index contributed by atoms with van der Waals surface area (Å²) in [6.07, 6.45) is 4.29. The van der Waals surface area contributed by atoms with E-state index in [2.05, 4.69) is 15.9 Å². The van der Waals surface area contributed by atoms with Gasteiger partial charge in [-0.1, -0.05) is 0 Å². The lowest BCUT2D eigenvalue weighted by Gasteiger charge is -2.14. The van der Waals surface area contributed by atoms with Crippen LogP contribution in [0.3, 0.4) is 0 Å². The maximum Gasteiger partial charge on any atom is 0.246 e. The van der Waals surface area contributed by atoms with Crippen molar-refractivity contribution >= 4 is 39.2 Å². The summed E-state index contributed by atoms with van der Waals surface area (Å²) < 4.78 is 6.01. The molecule has 1 amide bonds. The quantitative estimate of drug-likeness (QED) is 0.596. The normalized spacial score (nSPS) is 11.0. The first-order valence-corrected chi connectivity index (χ1v) is 6.97. The smallest absolute Gasteiger partial charge is 0.246 e. The predicted octanol–water partition coefficient (Wildman–Crippen LogP) is 3.02. The maximum absolute atomic E-state index is 11.7. The zero-order valence-corrected chi connectivity index (χ0v) is 12.4. The number of thiophene rings is 1. The molecule has 94 valence electrons. The van der Waals surface area contributed by atoms with Crippen molar-refractivity contribution in [1.82, 2.24) is 4.90 Å². The standard InChI is InChI=1S/C12H16BrNO2S/c1-14(6-3-7-16-2)12(15)5-4-10-8-11(13)17-9-10/h4-5,8-9H,3,6-7H2,1-2H3/b5-4+. The van der Waals surface area contributed by atoms with Gasteiger partial charge in [0.25, 0.3) is 0 Å². The number of amides is 1. The first kappa shape index (κ1) is 14.4. The van der Waals surface area contributed by atoms with Crippen LogP contribution in [0.15, 0.2) is 21.3 Å². The van der Waals surface area contributed by atoms with E-state index in [-0.39, 0.29) is 5.91 Å². The molecule has 0 fully saturated rings. The molecule has 0 radical (unpaired) electrons. The van der Waals surface area contributed by atoms with Crippen LogP contribution < -0.4 is 0 Å². The molecule has 1 aromatic rings. The van der Waals surface area contributed by atoms with Crippen LogP contribution in [0.1, 0.15) is 12.0 Å². The van der Waals surface area contributed by atoms with Crippen LogP contribution in [0.2, 0.25) is 0 Å². The number of hydrogen-bond donors (Lipinski definition) is 0. The monoisotopic (exact) mass is 317 g/mol. The van der Waals surface area contributed by atoms with Crippen LogP contribution >= 0.6 is 27.3 Å². The molecule has 0 aliphatic rings. The summed E-state index contributed by atoms with van der Waals surface area (Å²) in [6, 6.07) is 1.99. The highest BCUT2D eigenvalue weighted by Crippen LogP contribution is 2.21. The third-order valence-corrected chi connectivity index (χ3v) is 3.75. The second-order valence-electron chi connectivity index (χ2n) is 3.62. The predicted molar refractivity (Wildman–Crippen MR) is 75.2 cm³/mol. The molecule has 0 aliphatic carbocycles. The van der Waals surface area contributed by atoms with Crippen molar-refractivity contribution in [3.8, 4) is 0 Å². The van der Waals surface area contributed by atoms with Gasteiger partial charge < -0.3 is 9.64 Å². The van der Waals surface area contributed by atoms with Crippen LogP contribution in [-0.4, -0.2) is 38.1 Å². The summed E-state index contributed by atoms with van der Waals surface area (Å²) in [4.78, 5) is 13.4. The van der Waals surface area contributed by atoms with E-state index < -0.39 is 0 Å². The molecule has 0 saturated carbocycles. The van der Waals surface area contributed by atoms with E-state index in [4.69, 9.17) is 4.74 Å². The van der Waals surface area contributed by atoms with Crippen LogP contribution in [0.4, 0.5) is 0 Å². The number of hydrogen-bond acceptors (Lipinski definition) is 3. The van der Waals surface area contributed by atoms with E-state index in [1.54, 1.807) is 36.5 Å². The lowest BCUT2D eigenvalue weighted by Crippen LogP contribution is -2.26. The van der Waals surface area contributed by atoms with Gasteiger partial charge in [-0.05, 0) is 45.4 Å². The molecule has 17 heavy (non-hydrogen) atoms. The zero-order chi connectivity index (χ0) is 12.7. The van der Waals surface area contributed by atoms with E-state index >= 15 is 0 Å². The summed E-state index contributed by atoms with van der Waals surface area (Å²) in [5.74, 6) is 0.0171. The van der Waals surface area contributed by atoms with Gasteiger partial charge in [-0.2, -0.15) is 0 Å². The average Bonchev–Trinajstić information content (AvgIpc) is 2.72. The van der Waals surface area contributed by atoms with Gasteiger partial charge in [0.15, 0.2) is 0 Å². The van der Waals surface area contributed by atoms with Gasteiger partial charge in [0.1, 0.15) is 0 Å². The molecule has 1 heterocycles. The van der Waals surface area contributed by atoms with Gasteiger partial charge in [-0.15, -0.1) is 11.3 Å². The van der Waals surface area contributed by atoms with Crippen molar-refractivity contribution in [2.75, 3.05) is 27.3 Å². The lowest BCUT2D eigenvalue weighted by atomic mass is 10.3. The van der Waals surface area contributed by atoms with Crippen molar-refractivity contribution in [2.45, 2.75) is 6.42 Å². The van der Waals surface area contributed by atoms with E-state index in [1.165, 1.54) is 0 Å². The Hall–Kier alpha value is -0.650. The van der Waals surface area contributed by atoms with Crippen molar-refractivity contribution in [1.29, 1.82) is 0 Å². The fourth-order valence-corrected chi connectivity index (χ4v) is 2.41. The Kier molecular flexibility index (Phi) is 6.47. The Labute approximate surface area is 114 Å². The second kappa shape index (κ2) is 7.63. The Morgan fingerprint density at radius 2 is 2.41 bits per heavy atom. The van der Waals surface area contributed by atoms with Crippen molar-refractivity contribution in [3.63, 3.8) is 0 Å². The van der Waals surface area contributed by atoms with E-state index in [0.717, 1.165) is 15.8 Å². The Morgan fingerprint density at radius 1 is 1.65 bits per heavy atom. The maximum atomic E-state index is 11.7. The first-order chi connectivity index (χ1) is 8.13. The largest absolute Gasteiger partial charge is 0.385 e. The van der Waals surface area contributed by atoms with E-state index in [1.807, 2.05) is 17.5 Å². The van der Waals surface area contributed by atoms with Gasteiger partial charge >= 0.3 is 0 Å². The molecule has 0 atom stereocenters. The fourth-order valence-electron chi connectivity index (χ4n) is 1.26. The highest BCUT2D eigenvalue weighted by molar-refractivity contribution is 9.11. The molecule has 1 rings (SSSR count). The summed E-state index contributed by atoms with van der Waals surface area (Å²) in [5.41, 5.74) is 1.04. The van der Waals surface area contributed by atoms with Gasteiger partial charge in [0.2, 0.25) is 5.91 Å². The van der Waals surface area contributed by atoms with Crippen LogP contribution in [-0.2, 0) is 9.53 Å². The van der Waals surface area contributed by atoms with Crippen molar-refractivity contribution < 1.29 is 9.53 Å². The highest BCUT2D eigenvalue weighted by atomic mass is 79.9. The molecular weight excluding hydrogens is 302 g/mol. The number of methoxy groups -OCH3 is 1. The van der Waals surface area contributed by atoms with Crippen molar-refractivity contribution in [2.24, 2.45) is 0 Å². The van der Waals surface area contributed by atoms with Crippen LogP contribution in [0.5, 0.6) is 0 Å². The molecule has 0 bridgehead atoms. The van der Waals surface area contributed by atoms with Gasteiger partial charge in [-0.3, -0.25) is 4.79 Å². The number of carbonyl (C=O) groups is 1. The number of nitrogens with zero attached hydrogens (tertiary/aromatic N) is 1. The van der Waals surface area contributed by atoms with Gasteiger partial charge in [0.05, 0.1) is 3.79 Å². The van der Waals surface area contributed by atoms with Crippen LogP contribution in [0, 0.1) is 0 Å².